The lowest BCUT2D eigenvalue weighted by molar-refractivity contribution is -0.140. The molecule has 1 heterocycles. The maximum Gasteiger partial charge on any atom is 0.440 e. The zero-order valence-electron chi connectivity index (χ0n) is 11.7. The normalized spacial score (nSPS) is 11.7. The van der Waals surface area contributed by atoms with Gasteiger partial charge in [0.2, 0.25) is 0 Å². The number of carboxylic acid groups (broad SMARTS) is 1. The van der Waals surface area contributed by atoms with Crippen LogP contribution < -0.4 is 16.8 Å². The summed E-state index contributed by atoms with van der Waals surface area (Å²) in [6.45, 7) is -0.606. The fourth-order valence-electron chi connectivity index (χ4n) is 1.69. The first-order valence-electron chi connectivity index (χ1n) is 6.46. The number of carboxylic acids is 1. The first kappa shape index (κ1) is 16.1. The zero-order valence-corrected chi connectivity index (χ0v) is 11.7. The van der Waals surface area contributed by atoms with Crippen LogP contribution in [0.5, 0.6) is 0 Å². The maximum absolute atomic E-state index is 11.6. The number of nitrogens with zero attached hydrogens (tertiary/aromatic N) is 1. The number of alkyl carbamates (subject to hydrolysis) is 1. The van der Waals surface area contributed by atoms with Crippen LogP contribution in [0, 0.1) is 0 Å². The predicted molar refractivity (Wildman–Crippen MR) is 74.8 cm³/mol. The topological polar surface area (TPSA) is 144 Å². The molecule has 23 heavy (non-hydrogen) atoms. The van der Waals surface area contributed by atoms with E-state index >= 15 is 0 Å². The van der Waals surface area contributed by atoms with E-state index < -0.39 is 36.1 Å². The maximum atomic E-state index is 11.6. The minimum atomic E-state index is -1.50. The summed E-state index contributed by atoms with van der Waals surface area (Å²) in [6, 6.07) is 7.28. The molecule has 1 aromatic carbocycles. The van der Waals surface area contributed by atoms with E-state index in [-0.39, 0.29) is 6.61 Å². The van der Waals surface area contributed by atoms with Gasteiger partial charge in [0, 0.05) is 0 Å². The molecule has 1 atom stereocenters. The van der Waals surface area contributed by atoms with E-state index in [1.807, 2.05) is 0 Å². The van der Waals surface area contributed by atoms with Gasteiger partial charge >= 0.3 is 23.5 Å². The predicted octanol–water partition coefficient (Wildman–Crippen LogP) is -0.491. The number of hydrogen-bond donors (Lipinski definition) is 3. The van der Waals surface area contributed by atoms with Gasteiger partial charge in [0.15, 0.2) is 6.04 Å². The van der Waals surface area contributed by atoms with Crippen molar-refractivity contribution < 1.29 is 24.0 Å². The molecule has 0 aliphatic heterocycles. The molecule has 0 radical (unpaired) electrons. The molecule has 0 saturated heterocycles. The number of carbonyl (C=O) groups excluding carboxylic acids is 1. The minimum Gasteiger partial charge on any atom is -0.480 e. The van der Waals surface area contributed by atoms with Crippen molar-refractivity contribution in [2.24, 2.45) is 0 Å². The number of carbonyl (C=O) groups is 2. The number of benzene rings is 1. The van der Waals surface area contributed by atoms with Gasteiger partial charge in [-0.1, -0.05) is 30.3 Å². The highest BCUT2D eigenvalue weighted by Crippen LogP contribution is 2.01. The van der Waals surface area contributed by atoms with Gasteiger partial charge < -0.3 is 19.7 Å². The molecular weight excluding hydrogens is 310 g/mol. The van der Waals surface area contributed by atoms with Gasteiger partial charge in [-0.2, -0.15) is 0 Å². The molecule has 10 heteroatoms. The molecule has 2 rings (SSSR count). The average Bonchev–Trinajstić information content (AvgIpc) is 2.83. The Morgan fingerprint density at radius 1 is 1.30 bits per heavy atom. The van der Waals surface area contributed by atoms with Crippen LogP contribution in [0.25, 0.3) is 0 Å². The van der Waals surface area contributed by atoms with E-state index in [1.54, 1.807) is 35.3 Å². The Morgan fingerprint density at radius 2 is 2.00 bits per heavy atom. The second-order valence-corrected chi connectivity index (χ2v) is 4.47. The Hall–Kier alpha value is -3.30. The summed E-state index contributed by atoms with van der Waals surface area (Å²) in [6.07, 6.45) is -0.979. The second kappa shape index (κ2) is 7.11. The first-order chi connectivity index (χ1) is 11.0. The SMILES string of the molecule is O=C(N[C@@H](Cn1oc(=O)[nH]c1=O)C(=O)O)OCc1ccccc1. The number of aromatic nitrogens is 2. The molecule has 0 saturated carbocycles. The van der Waals surface area contributed by atoms with Gasteiger partial charge in [0.05, 0.1) is 6.54 Å². The Bertz CT molecular complexity index is 790. The van der Waals surface area contributed by atoms with Gasteiger partial charge in [-0.3, -0.25) is 0 Å². The lowest BCUT2D eigenvalue weighted by atomic mass is 10.2. The molecule has 10 nitrogen and oxygen atoms in total. The van der Waals surface area contributed by atoms with Gasteiger partial charge in [0.25, 0.3) is 0 Å². The molecule has 122 valence electrons. The minimum absolute atomic E-state index is 0.0435. The summed E-state index contributed by atoms with van der Waals surface area (Å²) in [4.78, 5) is 46.7. The molecule has 0 fully saturated rings. The summed E-state index contributed by atoms with van der Waals surface area (Å²) in [5.41, 5.74) is -0.192. The van der Waals surface area contributed by atoms with Crippen molar-refractivity contribution in [2.75, 3.05) is 0 Å². The highest BCUT2D eigenvalue weighted by molar-refractivity contribution is 5.79. The van der Waals surface area contributed by atoms with Crippen molar-refractivity contribution in [1.29, 1.82) is 0 Å². The average molecular weight is 323 g/mol. The molecule has 0 aliphatic rings. The molecule has 0 bridgehead atoms. The van der Waals surface area contributed by atoms with E-state index in [9.17, 15) is 19.2 Å². The smallest absolute Gasteiger partial charge is 0.440 e. The number of aromatic amines is 1. The standard InChI is InChI=1S/C13H13N3O7/c17-10(18)9(6-16-11(19)15-13(21)23-16)14-12(20)22-7-8-4-2-1-3-5-8/h1-5,9H,6-7H2,(H,14,20)(H,17,18)(H,15,19,21)/t9-/m0/s1. The molecule has 2 aromatic rings. The van der Waals surface area contributed by atoms with E-state index in [0.717, 1.165) is 5.56 Å². The largest absolute Gasteiger partial charge is 0.480 e. The van der Waals surface area contributed by atoms with Crippen molar-refractivity contribution in [3.63, 3.8) is 0 Å². The summed E-state index contributed by atoms with van der Waals surface area (Å²) in [5, 5.41) is 11.1. The number of nitrogens with one attached hydrogen (secondary N) is 2. The third-order valence-electron chi connectivity index (χ3n) is 2.78. The number of rotatable bonds is 6. The Balaban J connectivity index is 1.95. The Kier molecular flexibility index (Phi) is 4.97. The molecule has 1 aromatic heterocycles. The fraction of sp³-hybridized carbons (Fsp3) is 0.231. The van der Waals surface area contributed by atoms with Crippen LogP contribution in [0.1, 0.15) is 5.56 Å². The summed E-state index contributed by atoms with van der Waals surface area (Å²) >= 11 is 0. The van der Waals surface area contributed by atoms with Crippen LogP contribution in [-0.4, -0.2) is 32.9 Å². The van der Waals surface area contributed by atoms with Crippen molar-refractivity contribution in [1.82, 2.24) is 15.0 Å². The van der Waals surface area contributed by atoms with Crippen LogP contribution in [-0.2, 0) is 22.7 Å². The number of aliphatic carboxylic acids is 1. The molecular formula is C13H13N3O7. The van der Waals surface area contributed by atoms with Gasteiger partial charge in [-0.05, 0) is 5.56 Å². The monoisotopic (exact) mass is 323 g/mol. The zero-order chi connectivity index (χ0) is 16.8. The highest BCUT2D eigenvalue weighted by Gasteiger charge is 2.23. The number of H-pyrrole nitrogens is 1. The highest BCUT2D eigenvalue weighted by atomic mass is 16.6. The van der Waals surface area contributed by atoms with E-state index in [0.29, 0.717) is 4.74 Å². The lowest BCUT2D eigenvalue weighted by Crippen LogP contribution is -2.45. The van der Waals surface area contributed by atoms with Gasteiger partial charge in [-0.15, -0.1) is 4.74 Å². The molecule has 1 amide bonds. The Labute approximate surface area is 128 Å². The van der Waals surface area contributed by atoms with Gasteiger partial charge in [-0.25, -0.2) is 24.2 Å². The molecule has 0 unspecified atom stereocenters. The Morgan fingerprint density at radius 3 is 2.57 bits per heavy atom. The van der Waals surface area contributed by atoms with Crippen LogP contribution >= 0.6 is 0 Å². The van der Waals surface area contributed by atoms with E-state index in [1.165, 1.54) is 0 Å². The summed E-state index contributed by atoms with van der Waals surface area (Å²) < 4.78 is 9.82. The molecule has 0 aliphatic carbocycles. The third kappa shape index (κ3) is 4.59. The second-order valence-electron chi connectivity index (χ2n) is 4.47. The number of hydrogen-bond acceptors (Lipinski definition) is 6. The summed E-state index contributed by atoms with van der Waals surface area (Å²) in [7, 11) is 0. The fourth-order valence-corrected chi connectivity index (χ4v) is 1.69. The van der Waals surface area contributed by atoms with E-state index in [2.05, 4.69) is 9.84 Å². The van der Waals surface area contributed by atoms with Crippen molar-refractivity contribution in [2.45, 2.75) is 19.2 Å². The number of ether oxygens (including phenoxy) is 1. The van der Waals surface area contributed by atoms with Crippen LogP contribution in [0.3, 0.4) is 0 Å². The quantitative estimate of drug-likeness (QED) is 0.650. The van der Waals surface area contributed by atoms with Crippen LogP contribution in [0.4, 0.5) is 4.79 Å². The van der Waals surface area contributed by atoms with Crippen molar-refractivity contribution in [3.8, 4) is 0 Å². The third-order valence-corrected chi connectivity index (χ3v) is 2.78. The van der Waals surface area contributed by atoms with Crippen molar-refractivity contribution in [3.05, 3.63) is 56.9 Å². The lowest BCUT2D eigenvalue weighted by Gasteiger charge is -2.13. The molecule has 3 N–H and O–H groups in total. The van der Waals surface area contributed by atoms with Crippen molar-refractivity contribution >= 4 is 12.1 Å². The molecule has 0 spiro atoms. The first-order valence-corrected chi connectivity index (χ1v) is 6.46. The summed E-state index contributed by atoms with van der Waals surface area (Å²) in [5.74, 6) is -2.44. The number of amides is 1. The van der Waals surface area contributed by atoms with Crippen LogP contribution in [0.2, 0.25) is 0 Å². The van der Waals surface area contributed by atoms with E-state index in [4.69, 9.17) is 9.84 Å². The van der Waals surface area contributed by atoms with Gasteiger partial charge in [0.1, 0.15) is 6.61 Å². The van der Waals surface area contributed by atoms with Crippen LogP contribution in [0.15, 0.2) is 44.4 Å².